The zero-order chi connectivity index (χ0) is 24.7. The molecule has 0 saturated heterocycles. The fourth-order valence-corrected chi connectivity index (χ4v) is 4.63. The summed E-state index contributed by atoms with van der Waals surface area (Å²) in [6.45, 7) is 0. The quantitative estimate of drug-likeness (QED) is 0.256. The molecule has 0 atom stereocenters. The number of methoxy groups -OCH3 is 1. The van der Waals surface area contributed by atoms with Gasteiger partial charge >= 0.3 is 0 Å². The third kappa shape index (κ3) is 5.16. The molecule has 5 rings (SSSR count). The van der Waals surface area contributed by atoms with Crippen molar-refractivity contribution >= 4 is 23.4 Å². The van der Waals surface area contributed by atoms with E-state index in [1.165, 1.54) is 11.8 Å². The van der Waals surface area contributed by atoms with Crippen LogP contribution in [0, 0.1) is 0 Å². The second kappa shape index (κ2) is 10.9. The predicted octanol–water partition coefficient (Wildman–Crippen LogP) is 6.34. The molecule has 7 heteroatoms. The minimum atomic E-state index is -0.117. The van der Waals surface area contributed by atoms with Gasteiger partial charge < -0.3 is 10.1 Å². The van der Waals surface area contributed by atoms with Gasteiger partial charge in [-0.1, -0.05) is 90.6 Å². The highest BCUT2D eigenvalue weighted by Gasteiger charge is 2.18. The molecular weight excluding hydrogens is 468 g/mol. The number of nitrogens with zero attached hydrogens (tertiary/aromatic N) is 3. The van der Waals surface area contributed by atoms with Crippen molar-refractivity contribution < 1.29 is 9.53 Å². The van der Waals surface area contributed by atoms with E-state index < -0.39 is 0 Å². The van der Waals surface area contributed by atoms with Gasteiger partial charge in [-0.25, -0.2) is 0 Å². The Morgan fingerprint density at radius 3 is 2.14 bits per heavy atom. The number of carbonyl (C=O) groups excluding carboxylic acids is 1. The number of rotatable bonds is 8. The number of benzene rings is 4. The SMILES string of the molecule is COc1ccc(-n2c(SCC(=O)Nc3ccccc3-c3ccccc3)nnc2-c2ccccc2)cc1. The third-order valence-corrected chi connectivity index (χ3v) is 6.54. The average molecular weight is 493 g/mol. The maximum absolute atomic E-state index is 13.0. The first-order valence-electron chi connectivity index (χ1n) is 11.5. The van der Waals surface area contributed by atoms with E-state index >= 15 is 0 Å². The zero-order valence-electron chi connectivity index (χ0n) is 19.7. The van der Waals surface area contributed by atoms with Crippen LogP contribution < -0.4 is 10.1 Å². The number of aromatic nitrogens is 3. The summed E-state index contributed by atoms with van der Waals surface area (Å²) in [7, 11) is 1.64. The molecule has 4 aromatic carbocycles. The van der Waals surface area contributed by atoms with Gasteiger partial charge in [-0.3, -0.25) is 9.36 Å². The Bertz CT molecular complexity index is 1450. The summed E-state index contributed by atoms with van der Waals surface area (Å²) in [6.07, 6.45) is 0. The second-order valence-electron chi connectivity index (χ2n) is 7.95. The molecule has 6 nitrogen and oxygen atoms in total. The molecule has 0 spiro atoms. The van der Waals surface area contributed by atoms with Crippen molar-refractivity contribution in [3.05, 3.63) is 109 Å². The molecule has 0 radical (unpaired) electrons. The van der Waals surface area contributed by atoms with E-state index in [-0.39, 0.29) is 11.7 Å². The van der Waals surface area contributed by atoms with Crippen LogP contribution in [0.25, 0.3) is 28.2 Å². The fourth-order valence-electron chi connectivity index (χ4n) is 3.88. The van der Waals surface area contributed by atoms with Gasteiger partial charge in [0, 0.05) is 22.5 Å². The maximum atomic E-state index is 13.0. The minimum absolute atomic E-state index is 0.117. The van der Waals surface area contributed by atoms with Crippen LogP contribution in [-0.4, -0.2) is 33.5 Å². The van der Waals surface area contributed by atoms with Gasteiger partial charge in [-0.15, -0.1) is 10.2 Å². The molecule has 0 saturated carbocycles. The topological polar surface area (TPSA) is 69.0 Å². The van der Waals surface area contributed by atoms with Crippen molar-refractivity contribution in [3.8, 4) is 34.0 Å². The monoisotopic (exact) mass is 492 g/mol. The lowest BCUT2D eigenvalue weighted by Crippen LogP contribution is -2.15. The summed E-state index contributed by atoms with van der Waals surface area (Å²) in [5, 5.41) is 12.6. The van der Waals surface area contributed by atoms with Crippen LogP contribution in [-0.2, 0) is 4.79 Å². The number of hydrogen-bond acceptors (Lipinski definition) is 5. The highest BCUT2D eigenvalue weighted by atomic mass is 32.2. The van der Waals surface area contributed by atoms with Crippen LogP contribution in [0.2, 0.25) is 0 Å². The number of anilines is 1. The summed E-state index contributed by atoms with van der Waals surface area (Å²) < 4.78 is 7.27. The van der Waals surface area contributed by atoms with E-state index in [2.05, 4.69) is 15.5 Å². The Morgan fingerprint density at radius 1 is 0.806 bits per heavy atom. The lowest BCUT2D eigenvalue weighted by Gasteiger charge is -2.12. The minimum Gasteiger partial charge on any atom is -0.497 e. The van der Waals surface area contributed by atoms with Crippen molar-refractivity contribution in [3.63, 3.8) is 0 Å². The van der Waals surface area contributed by atoms with Crippen molar-refractivity contribution in [2.45, 2.75) is 5.16 Å². The Balaban J connectivity index is 1.39. The highest BCUT2D eigenvalue weighted by Crippen LogP contribution is 2.30. The molecule has 1 heterocycles. The predicted molar refractivity (Wildman–Crippen MR) is 145 cm³/mol. The van der Waals surface area contributed by atoms with E-state index in [0.717, 1.165) is 33.8 Å². The van der Waals surface area contributed by atoms with Gasteiger partial charge in [0.1, 0.15) is 5.75 Å². The standard InChI is InChI=1S/C29H24N4O2S/c1-35-24-18-16-23(17-19-24)33-28(22-12-6-3-7-13-22)31-32-29(33)36-20-27(34)30-26-15-9-8-14-25(26)21-10-4-2-5-11-21/h2-19H,20H2,1H3,(H,30,34). The Hall–Kier alpha value is -4.36. The Kier molecular flexibility index (Phi) is 7.10. The van der Waals surface area contributed by atoms with Crippen LogP contribution in [0.4, 0.5) is 5.69 Å². The van der Waals surface area contributed by atoms with Gasteiger partial charge in [0.25, 0.3) is 0 Å². The first-order chi connectivity index (χ1) is 17.7. The average Bonchev–Trinajstić information content (AvgIpc) is 3.37. The molecule has 36 heavy (non-hydrogen) atoms. The number of hydrogen-bond donors (Lipinski definition) is 1. The molecule has 1 amide bonds. The summed E-state index contributed by atoms with van der Waals surface area (Å²) >= 11 is 1.34. The van der Waals surface area contributed by atoms with Crippen LogP contribution in [0.15, 0.2) is 114 Å². The molecule has 1 aromatic heterocycles. The maximum Gasteiger partial charge on any atom is 0.234 e. The number of thioether (sulfide) groups is 1. The summed E-state index contributed by atoms with van der Waals surface area (Å²) in [5.41, 5.74) is 4.62. The number of nitrogens with one attached hydrogen (secondary N) is 1. The lowest BCUT2D eigenvalue weighted by molar-refractivity contribution is -0.113. The zero-order valence-corrected chi connectivity index (χ0v) is 20.5. The summed E-state index contributed by atoms with van der Waals surface area (Å²) in [6, 6.07) is 35.4. The van der Waals surface area contributed by atoms with E-state index in [9.17, 15) is 4.79 Å². The van der Waals surface area contributed by atoms with Gasteiger partial charge in [-0.05, 0) is 35.9 Å². The molecular formula is C29H24N4O2S. The van der Waals surface area contributed by atoms with Gasteiger partial charge in [0.05, 0.1) is 12.9 Å². The number of carbonyl (C=O) groups is 1. The van der Waals surface area contributed by atoms with E-state index in [1.54, 1.807) is 7.11 Å². The molecule has 0 aliphatic carbocycles. The fraction of sp³-hybridized carbons (Fsp3) is 0.0690. The molecule has 178 valence electrons. The van der Waals surface area contributed by atoms with Crippen molar-refractivity contribution in [2.75, 3.05) is 18.2 Å². The third-order valence-electron chi connectivity index (χ3n) is 5.61. The largest absolute Gasteiger partial charge is 0.497 e. The van der Waals surface area contributed by atoms with Crippen LogP contribution in [0.3, 0.4) is 0 Å². The Morgan fingerprint density at radius 2 is 1.44 bits per heavy atom. The van der Waals surface area contributed by atoms with Crippen LogP contribution in [0.1, 0.15) is 0 Å². The number of para-hydroxylation sites is 1. The highest BCUT2D eigenvalue weighted by molar-refractivity contribution is 7.99. The van der Waals surface area contributed by atoms with Crippen LogP contribution in [0.5, 0.6) is 5.75 Å². The molecule has 0 aliphatic heterocycles. The van der Waals surface area contributed by atoms with Gasteiger partial charge in [-0.2, -0.15) is 0 Å². The van der Waals surface area contributed by atoms with Crippen molar-refractivity contribution in [1.29, 1.82) is 0 Å². The molecule has 0 fully saturated rings. The van der Waals surface area contributed by atoms with E-state index in [4.69, 9.17) is 4.74 Å². The molecule has 0 bridgehead atoms. The van der Waals surface area contributed by atoms with E-state index in [0.29, 0.717) is 11.0 Å². The second-order valence-corrected chi connectivity index (χ2v) is 8.90. The van der Waals surface area contributed by atoms with Gasteiger partial charge in [0.2, 0.25) is 5.91 Å². The molecule has 0 aliphatic rings. The normalized spacial score (nSPS) is 10.7. The van der Waals surface area contributed by atoms with Gasteiger partial charge in [0.15, 0.2) is 11.0 Å². The van der Waals surface area contributed by atoms with E-state index in [1.807, 2.05) is 114 Å². The molecule has 0 unspecified atom stereocenters. The molecule has 1 N–H and O–H groups in total. The van der Waals surface area contributed by atoms with Crippen molar-refractivity contribution in [1.82, 2.24) is 14.8 Å². The number of ether oxygens (including phenoxy) is 1. The summed E-state index contributed by atoms with van der Waals surface area (Å²) in [4.78, 5) is 13.0. The van der Waals surface area contributed by atoms with Crippen LogP contribution >= 0.6 is 11.8 Å². The first kappa shape index (κ1) is 23.4. The number of amides is 1. The smallest absolute Gasteiger partial charge is 0.234 e. The lowest BCUT2D eigenvalue weighted by atomic mass is 10.0. The molecule has 5 aromatic rings. The Labute approximate surface area is 214 Å². The van der Waals surface area contributed by atoms with Crippen molar-refractivity contribution in [2.24, 2.45) is 0 Å². The first-order valence-corrected chi connectivity index (χ1v) is 12.4. The summed E-state index contributed by atoms with van der Waals surface area (Å²) in [5.74, 6) is 1.54.